The van der Waals surface area contributed by atoms with Crippen molar-refractivity contribution in [3.8, 4) is 11.5 Å². The van der Waals surface area contributed by atoms with Crippen LogP contribution in [0.2, 0.25) is 0 Å². The van der Waals surface area contributed by atoms with Crippen LogP contribution in [0.15, 0.2) is 47.4 Å². The molecule has 1 heterocycles. The maximum atomic E-state index is 13.5. The molecule has 9 heteroatoms. The fraction of sp³-hybridized carbons (Fsp3) is 0.409. The summed E-state index contributed by atoms with van der Waals surface area (Å²) in [6.45, 7) is 0.309. The lowest BCUT2D eigenvalue weighted by Crippen LogP contribution is -2.44. The fourth-order valence-corrected chi connectivity index (χ4v) is 5.32. The van der Waals surface area contributed by atoms with Crippen LogP contribution in [0.1, 0.15) is 32.1 Å². The van der Waals surface area contributed by atoms with Crippen LogP contribution in [-0.2, 0) is 14.8 Å². The van der Waals surface area contributed by atoms with Crippen molar-refractivity contribution in [2.45, 2.75) is 43.0 Å². The standard InChI is InChI=1S/C22H25FN2O5S/c23-16-6-8-18(9-7-16)25(15-22(26)24-17-4-2-1-3-5-17)31(27,28)19-10-11-20-21(14-19)30-13-12-29-20/h6-11,14,17H,1-5,12-13,15H2,(H,24,26). The minimum atomic E-state index is -4.12. The number of amides is 1. The number of nitrogens with zero attached hydrogens (tertiary/aromatic N) is 1. The molecule has 0 atom stereocenters. The summed E-state index contributed by atoms with van der Waals surface area (Å²) in [6, 6.07) is 9.41. The summed E-state index contributed by atoms with van der Waals surface area (Å²) in [4.78, 5) is 12.7. The fourth-order valence-electron chi connectivity index (χ4n) is 3.88. The first-order chi connectivity index (χ1) is 14.9. The van der Waals surface area contributed by atoms with Crippen LogP contribution in [0, 0.1) is 5.82 Å². The van der Waals surface area contributed by atoms with Gasteiger partial charge in [0.15, 0.2) is 11.5 Å². The van der Waals surface area contributed by atoms with Crippen LogP contribution in [0.25, 0.3) is 0 Å². The Hall–Kier alpha value is -2.81. The number of sulfonamides is 1. The van der Waals surface area contributed by atoms with E-state index in [1.165, 1.54) is 42.5 Å². The lowest BCUT2D eigenvalue weighted by molar-refractivity contribution is -0.120. The number of ether oxygens (including phenoxy) is 2. The van der Waals surface area contributed by atoms with Crippen molar-refractivity contribution in [2.24, 2.45) is 0 Å². The van der Waals surface area contributed by atoms with Crippen LogP contribution < -0.4 is 19.1 Å². The molecular weight excluding hydrogens is 423 g/mol. The molecule has 0 radical (unpaired) electrons. The number of rotatable bonds is 6. The van der Waals surface area contributed by atoms with Crippen molar-refractivity contribution in [3.05, 3.63) is 48.3 Å². The van der Waals surface area contributed by atoms with Gasteiger partial charge in [0.1, 0.15) is 25.6 Å². The zero-order chi connectivity index (χ0) is 21.8. The van der Waals surface area contributed by atoms with Crippen molar-refractivity contribution in [3.63, 3.8) is 0 Å². The molecule has 1 saturated carbocycles. The normalized spacial score (nSPS) is 16.5. The van der Waals surface area contributed by atoms with Crippen LogP contribution in [-0.4, -0.2) is 40.1 Å². The molecule has 2 aromatic rings. The molecule has 0 saturated heterocycles. The van der Waals surface area contributed by atoms with E-state index in [1.54, 1.807) is 0 Å². The lowest BCUT2D eigenvalue weighted by Gasteiger charge is -2.27. The Kier molecular flexibility index (Phi) is 6.31. The Morgan fingerprint density at radius 3 is 2.39 bits per heavy atom. The smallest absolute Gasteiger partial charge is 0.264 e. The van der Waals surface area contributed by atoms with Crippen LogP contribution in [0.3, 0.4) is 0 Å². The number of carbonyl (C=O) groups excluding carboxylic acids is 1. The van der Waals surface area contributed by atoms with E-state index in [0.29, 0.717) is 24.7 Å². The second kappa shape index (κ2) is 9.13. The van der Waals surface area contributed by atoms with Gasteiger partial charge in [0.25, 0.3) is 10.0 Å². The molecule has 0 spiro atoms. The molecule has 2 aromatic carbocycles. The van der Waals surface area contributed by atoms with Gasteiger partial charge in [0.2, 0.25) is 5.91 Å². The monoisotopic (exact) mass is 448 g/mol. The average molecular weight is 449 g/mol. The summed E-state index contributed by atoms with van der Waals surface area (Å²) >= 11 is 0. The summed E-state index contributed by atoms with van der Waals surface area (Å²) in [5.41, 5.74) is 0.204. The molecule has 0 bridgehead atoms. The quantitative estimate of drug-likeness (QED) is 0.733. The number of fused-ring (bicyclic) bond motifs is 1. The highest BCUT2D eigenvalue weighted by Crippen LogP contribution is 2.34. The van der Waals surface area contributed by atoms with Gasteiger partial charge in [-0.15, -0.1) is 0 Å². The lowest BCUT2D eigenvalue weighted by atomic mass is 9.95. The van der Waals surface area contributed by atoms with Crippen molar-refractivity contribution < 1.29 is 27.1 Å². The number of anilines is 1. The minimum absolute atomic E-state index is 0.0356. The van der Waals surface area contributed by atoms with E-state index in [9.17, 15) is 17.6 Å². The van der Waals surface area contributed by atoms with Gasteiger partial charge in [-0.3, -0.25) is 9.10 Å². The van der Waals surface area contributed by atoms with Crippen molar-refractivity contribution in [2.75, 3.05) is 24.1 Å². The zero-order valence-corrected chi connectivity index (χ0v) is 17.9. The third-order valence-electron chi connectivity index (χ3n) is 5.47. The van der Waals surface area contributed by atoms with E-state index in [-0.39, 0.29) is 16.6 Å². The van der Waals surface area contributed by atoms with Crippen LogP contribution in [0.4, 0.5) is 10.1 Å². The van der Waals surface area contributed by atoms with E-state index < -0.39 is 28.3 Å². The topological polar surface area (TPSA) is 84.9 Å². The first kappa shape index (κ1) is 21.4. The molecule has 0 unspecified atom stereocenters. The Labute approximate surface area is 181 Å². The van der Waals surface area contributed by atoms with Gasteiger partial charge in [0, 0.05) is 12.1 Å². The molecule has 1 aliphatic heterocycles. The molecule has 0 aromatic heterocycles. The second-order valence-electron chi connectivity index (χ2n) is 7.70. The highest BCUT2D eigenvalue weighted by atomic mass is 32.2. The van der Waals surface area contributed by atoms with E-state index >= 15 is 0 Å². The number of hydrogen-bond acceptors (Lipinski definition) is 5. The van der Waals surface area contributed by atoms with E-state index in [0.717, 1.165) is 36.4 Å². The number of halogens is 1. The van der Waals surface area contributed by atoms with Gasteiger partial charge < -0.3 is 14.8 Å². The average Bonchev–Trinajstić information content (AvgIpc) is 2.78. The van der Waals surface area contributed by atoms with Crippen molar-refractivity contribution in [1.82, 2.24) is 5.32 Å². The summed E-state index contributed by atoms with van der Waals surface area (Å²) in [5, 5.41) is 2.94. The molecule has 4 rings (SSSR count). The van der Waals surface area contributed by atoms with Gasteiger partial charge in [-0.1, -0.05) is 19.3 Å². The molecule has 31 heavy (non-hydrogen) atoms. The van der Waals surface area contributed by atoms with Crippen molar-refractivity contribution >= 4 is 21.6 Å². The summed E-state index contributed by atoms with van der Waals surface area (Å²) in [7, 11) is -4.12. The number of hydrogen-bond donors (Lipinski definition) is 1. The minimum Gasteiger partial charge on any atom is -0.486 e. The van der Waals surface area contributed by atoms with Crippen LogP contribution >= 0.6 is 0 Å². The van der Waals surface area contributed by atoms with Gasteiger partial charge in [0.05, 0.1) is 10.6 Å². The summed E-state index contributed by atoms with van der Waals surface area (Å²) in [6.07, 6.45) is 5.01. The molecule has 2 aliphatic rings. The van der Waals surface area contributed by atoms with Gasteiger partial charge in [-0.2, -0.15) is 0 Å². The van der Waals surface area contributed by atoms with Crippen LogP contribution in [0.5, 0.6) is 11.5 Å². The maximum Gasteiger partial charge on any atom is 0.264 e. The molecule has 1 aliphatic carbocycles. The zero-order valence-electron chi connectivity index (χ0n) is 17.1. The van der Waals surface area contributed by atoms with Crippen molar-refractivity contribution in [1.29, 1.82) is 0 Å². The predicted molar refractivity (Wildman–Crippen MR) is 113 cm³/mol. The summed E-state index contributed by atoms with van der Waals surface area (Å²) < 4.78 is 52.4. The third-order valence-corrected chi connectivity index (χ3v) is 7.24. The molecular formula is C22H25FN2O5S. The highest BCUT2D eigenvalue weighted by Gasteiger charge is 2.29. The molecule has 7 nitrogen and oxygen atoms in total. The second-order valence-corrected chi connectivity index (χ2v) is 9.56. The molecule has 1 amide bonds. The van der Waals surface area contributed by atoms with E-state index in [1.807, 2.05) is 0 Å². The van der Waals surface area contributed by atoms with Gasteiger partial charge >= 0.3 is 0 Å². The SMILES string of the molecule is O=C(CN(c1ccc(F)cc1)S(=O)(=O)c1ccc2c(c1)OCCO2)NC1CCCCC1. The maximum absolute atomic E-state index is 13.5. The van der Waals surface area contributed by atoms with E-state index in [2.05, 4.69) is 5.32 Å². The molecule has 1 N–H and O–H groups in total. The molecule has 166 valence electrons. The van der Waals surface area contributed by atoms with Gasteiger partial charge in [-0.25, -0.2) is 12.8 Å². The number of carbonyl (C=O) groups is 1. The first-order valence-electron chi connectivity index (χ1n) is 10.4. The Bertz CT molecular complexity index is 1040. The Morgan fingerprint density at radius 1 is 1.00 bits per heavy atom. The first-order valence-corrected chi connectivity index (χ1v) is 11.8. The van der Waals surface area contributed by atoms with Gasteiger partial charge in [-0.05, 0) is 49.2 Å². The number of benzene rings is 2. The number of nitrogens with one attached hydrogen (secondary N) is 1. The Balaban J connectivity index is 1.62. The third kappa shape index (κ3) is 4.92. The Morgan fingerprint density at radius 2 is 1.68 bits per heavy atom. The predicted octanol–water partition coefficient (Wildman–Crippen LogP) is 3.24. The summed E-state index contributed by atoms with van der Waals surface area (Å²) in [5.74, 6) is -0.0870. The molecule has 1 fully saturated rings. The highest BCUT2D eigenvalue weighted by molar-refractivity contribution is 7.92. The largest absolute Gasteiger partial charge is 0.486 e. The van der Waals surface area contributed by atoms with E-state index in [4.69, 9.17) is 9.47 Å².